The van der Waals surface area contributed by atoms with E-state index in [1.165, 1.54) is 4.90 Å². The molecule has 2 aromatic rings. The highest BCUT2D eigenvalue weighted by Crippen LogP contribution is 2.26. The van der Waals surface area contributed by atoms with Crippen LogP contribution >= 0.6 is 11.6 Å². The van der Waals surface area contributed by atoms with Crippen LogP contribution in [-0.2, 0) is 16.1 Å². The quantitative estimate of drug-likeness (QED) is 0.801. The fourth-order valence-corrected chi connectivity index (χ4v) is 3.15. The maximum Gasteiger partial charge on any atom is 0.410 e. The second-order valence-corrected chi connectivity index (χ2v) is 6.53. The van der Waals surface area contributed by atoms with Gasteiger partial charge in [-0.3, -0.25) is 9.69 Å². The van der Waals surface area contributed by atoms with Crippen molar-refractivity contribution in [1.29, 1.82) is 0 Å². The number of rotatable bonds is 4. The Labute approximate surface area is 156 Å². The van der Waals surface area contributed by atoms with Crippen molar-refractivity contribution in [3.63, 3.8) is 0 Å². The molecule has 1 saturated heterocycles. The van der Waals surface area contributed by atoms with Gasteiger partial charge in [-0.05, 0) is 36.6 Å². The largest absolute Gasteiger partial charge is 0.445 e. The van der Waals surface area contributed by atoms with Crippen LogP contribution < -0.4 is 11.1 Å². The first-order valence-electron chi connectivity index (χ1n) is 8.38. The molecule has 7 heteroatoms. The Hall–Kier alpha value is -2.73. The first-order chi connectivity index (χ1) is 12.5. The number of carbonyl (C=O) groups excluding carboxylic acids is 2. The first kappa shape index (κ1) is 18.1. The van der Waals surface area contributed by atoms with E-state index in [1.54, 1.807) is 18.2 Å². The van der Waals surface area contributed by atoms with E-state index >= 15 is 0 Å². The number of nitrogen functional groups attached to an aromatic ring is 1. The fourth-order valence-electron chi connectivity index (χ4n) is 2.91. The minimum absolute atomic E-state index is 0.175. The van der Waals surface area contributed by atoms with E-state index in [-0.39, 0.29) is 12.5 Å². The standard InChI is InChI=1S/C19H20ClN3O3/c20-15-11-14(21)8-9-16(15)22-18(24)17-7-4-10-23(17)19(25)26-12-13-5-2-1-3-6-13/h1-3,5-6,8-9,11,17H,4,7,10,12,21H2,(H,22,24). The van der Waals surface area contributed by atoms with E-state index in [4.69, 9.17) is 22.1 Å². The summed E-state index contributed by atoms with van der Waals surface area (Å²) < 4.78 is 5.35. The Balaban J connectivity index is 1.61. The monoisotopic (exact) mass is 373 g/mol. The lowest BCUT2D eigenvalue weighted by molar-refractivity contribution is -0.120. The molecule has 1 atom stereocenters. The van der Waals surface area contributed by atoms with Gasteiger partial charge in [0.2, 0.25) is 5.91 Å². The summed E-state index contributed by atoms with van der Waals surface area (Å²) >= 11 is 6.10. The minimum atomic E-state index is -0.577. The molecule has 3 N–H and O–H groups in total. The van der Waals surface area contributed by atoms with Gasteiger partial charge in [0.25, 0.3) is 0 Å². The van der Waals surface area contributed by atoms with Gasteiger partial charge < -0.3 is 15.8 Å². The molecule has 0 radical (unpaired) electrons. The third-order valence-corrected chi connectivity index (χ3v) is 4.56. The molecule has 1 aliphatic heterocycles. The molecule has 1 unspecified atom stereocenters. The molecule has 136 valence electrons. The smallest absolute Gasteiger partial charge is 0.410 e. The van der Waals surface area contributed by atoms with Crippen LogP contribution in [0.5, 0.6) is 0 Å². The molecule has 2 aromatic carbocycles. The first-order valence-corrected chi connectivity index (χ1v) is 8.75. The van der Waals surface area contributed by atoms with Crippen molar-refractivity contribution in [2.24, 2.45) is 0 Å². The van der Waals surface area contributed by atoms with Crippen molar-refractivity contribution >= 4 is 35.0 Å². The second-order valence-electron chi connectivity index (χ2n) is 6.12. The summed E-state index contributed by atoms with van der Waals surface area (Å²) in [6, 6.07) is 13.7. The van der Waals surface area contributed by atoms with Gasteiger partial charge in [0.15, 0.2) is 0 Å². The summed E-state index contributed by atoms with van der Waals surface area (Å²) in [6.45, 7) is 0.662. The summed E-state index contributed by atoms with van der Waals surface area (Å²) in [5.41, 5.74) is 7.54. The minimum Gasteiger partial charge on any atom is -0.445 e. The van der Waals surface area contributed by atoms with Crippen LogP contribution in [0.1, 0.15) is 18.4 Å². The SMILES string of the molecule is Nc1ccc(NC(=O)C2CCCN2C(=O)OCc2ccccc2)c(Cl)c1. The predicted molar refractivity (Wildman–Crippen MR) is 101 cm³/mol. The number of amides is 2. The number of hydrogen-bond acceptors (Lipinski definition) is 4. The van der Waals surface area contributed by atoms with Crippen LogP contribution in [-0.4, -0.2) is 29.5 Å². The number of benzene rings is 2. The van der Waals surface area contributed by atoms with Gasteiger partial charge in [0.05, 0.1) is 10.7 Å². The van der Waals surface area contributed by atoms with Crippen molar-refractivity contribution < 1.29 is 14.3 Å². The molecule has 0 spiro atoms. The number of carbonyl (C=O) groups is 2. The molecule has 1 aliphatic rings. The maximum atomic E-state index is 12.6. The van der Waals surface area contributed by atoms with Crippen LogP contribution in [0.4, 0.5) is 16.2 Å². The summed E-state index contributed by atoms with van der Waals surface area (Å²) in [6.07, 6.45) is 0.835. The van der Waals surface area contributed by atoms with Crippen molar-refractivity contribution in [3.8, 4) is 0 Å². The Morgan fingerprint density at radius 3 is 2.73 bits per heavy atom. The Morgan fingerprint density at radius 1 is 1.23 bits per heavy atom. The van der Waals surface area contributed by atoms with Crippen LogP contribution in [0, 0.1) is 0 Å². The van der Waals surface area contributed by atoms with Gasteiger partial charge in [0.1, 0.15) is 12.6 Å². The highest BCUT2D eigenvalue weighted by molar-refractivity contribution is 6.34. The zero-order chi connectivity index (χ0) is 18.5. The average molecular weight is 374 g/mol. The summed E-state index contributed by atoms with van der Waals surface area (Å²) in [5, 5.41) is 3.12. The predicted octanol–water partition coefficient (Wildman–Crippen LogP) is 3.66. The van der Waals surface area contributed by atoms with E-state index in [1.807, 2.05) is 30.3 Å². The number of nitrogens with zero attached hydrogens (tertiary/aromatic N) is 1. The zero-order valence-corrected chi connectivity index (χ0v) is 14.9. The van der Waals surface area contributed by atoms with E-state index < -0.39 is 12.1 Å². The number of nitrogens with two attached hydrogens (primary N) is 1. The molecule has 1 heterocycles. The van der Waals surface area contributed by atoms with Crippen LogP contribution in [0.15, 0.2) is 48.5 Å². The lowest BCUT2D eigenvalue weighted by Crippen LogP contribution is -2.43. The number of ether oxygens (including phenoxy) is 1. The second kappa shape index (κ2) is 8.10. The molecule has 3 rings (SSSR count). The van der Waals surface area contributed by atoms with Gasteiger partial charge in [-0.15, -0.1) is 0 Å². The van der Waals surface area contributed by atoms with Crippen molar-refractivity contribution in [3.05, 3.63) is 59.1 Å². The number of likely N-dealkylation sites (tertiary alicyclic amines) is 1. The molecule has 26 heavy (non-hydrogen) atoms. The van der Waals surface area contributed by atoms with E-state index in [9.17, 15) is 9.59 Å². The van der Waals surface area contributed by atoms with Crippen molar-refractivity contribution in [1.82, 2.24) is 4.90 Å². The topological polar surface area (TPSA) is 84.7 Å². The Bertz CT molecular complexity index is 798. The summed E-state index contributed by atoms with van der Waals surface area (Å²) in [5.74, 6) is -0.286. The Morgan fingerprint density at radius 2 is 2.00 bits per heavy atom. The number of anilines is 2. The molecular weight excluding hydrogens is 354 g/mol. The third kappa shape index (κ3) is 4.26. The average Bonchev–Trinajstić information content (AvgIpc) is 3.13. The highest BCUT2D eigenvalue weighted by Gasteiger charge is 2.35. The number of hydrogen-bond donors (Lipinski definition) is 2. The third-order valence-electron chi connectivity index (χ3n) is 4.25. The molecule has 1 fully saturated rings. The molecule has 0 bridgehead atoms. The van der Waals surface area contributed by atoms with Gasteiger partial charge >= 0.3 is 6.09 Å². The van der Waals surface area contributed by atoms with Crippen molar-refractivity contribution in [2.45, 2.75) is 25.5 Å². The number of halogens is 1. The zero-order valence-electron chi connectivity index (χ0n) is 14.2. The van der Waals surface area contributed by atoms with Gasteiger partial charge in [-0.25, -0.2) is 4.79 Å². The van der Waals surface area contributed by atoms with E-state index in [2.05, 4.69) is 5.32 Å². The molecular formula is C19H20ClN3O3. The molecule has 2 amide bonds. The van der Waals surface area contributed by atoms with Crippen LogP contribution in [0.25, 0.3) is 0 Å². The lowest BCUT2D eigenvalue weighted by Gasteiger charge is -2.23. The van der Waals surface area contributed by atoms with Gasteiger partial charge in [-0.2, -0.15) is 0 Å². The van der Waals surface area contributed by atoms with Gasteiger partial charge in [0, 0.05) is 12.2 Å². The van der Waals surface area contributed by atoms with Crippen LogP contribution in [0.2, 0.25) is 5.02 Å². The number of nitrogens with one attached hydrogen (secondary N) is 1. The molecule has 0 aromatic heterocycles. The maximum absolute atomic E-state index is 12.6. The highest BCUT2D eigenvalue weighted by atomic mass is 35.5. The molecule has 0 saturated carbocycles. The van der Waals surface area contributed by atoms with Gasteiger partial charge in [-0.1, -0.05) is 41.9 Å². The lowest BCUT2D eigenvalue weighted by atomic mass is 10.2. The molecule has 0 aliphatic carbocycles. The van der Waals surface area contributed by atoms with E-state index in [0.717, 1.165) is 12.0 Å². The van der Waals surface area contributed by atoms with Crippen LogP contribution in [0.3, 0.4) is 0 Å². The van der Waals surface area contributed by atoms with E-state index in [0.29, 0.717) is 29.4 Å². The Kier molecular flexibility index (Phi) is 5.63. The summed E-state index contributed by atoms with van der Waals surface area (Å²) in [4.78, 5) is 26.4. The normalized spacial score (nSPS) is 16.3. The summed E-state index contributed by atoms with van der Waals surface area (Å²) in [7, 11) is 0. The van der Waals surface area contributed by atoms with Crippen molar-refractivity contribution in [2.75, 3.05) is 17.6 Å². The molecule has 6 nitrogen and oxygen atoms in total. The fraction of sp³-hybridized carbons (Fsp3) is 0.263.